The average Bonchev–Trinajstić information content (AvgIpc) is 3.14. The molecule has 4 aromatic rings. The number of carboxylic acid groups (broad SMARTS) is 1. The Bertz CT molecular complexity index is 1650. The predicted molar refractivity (Wildman–Crippen MR) is 198 cm³/mol. The minimum Gasteiger partial charge on any atom is -0.481 e. The summed E-state index contributed by atoms with van der Waals surface area (Å²) in [6.45, 7) is 2.39. The molecule has 3 heterocycles. The van der Waals surface area contributed by atoms with Gasteiger partial charge in [0.2, 0.25) is 5.91 Å². The van der Waals surface area contributed by atoms with Gasteiger partial charge in [0.1, 0.15) is 5.78 Å². The molecule has 3 aromatic heterocycles. The van der Waals surface area contributed by atoms with Gasteiger partial charge in [-0.2, -0.15) is 0 Å². The molecule has 0 saturated heterocycles. The highest BCUT2D eigenvalue weighted by atomic mass is 16.4. The molecule has 0 spiro atoms. The van der Waals surface area contributed by atoms with Crippen molar-refractivity contribution in [2.24, 2.45) is 5.92 Å². The molecule has 0 aliphatic carbocycles. The Morgan fingerprint density at radius 2 is 1.26 bits per heavy atom. The van der Waals surface area contributed by atoms with E-state index < -0.39 is 44.0 Å². The molecule has 0 aliphatic rings. The molecule has 6 N–H and O–H groups in total. The van der Waals surface area contributed by atoms with Crippen molar-refractivity contribution >= 4 is 30.5 Å². The lowest BCUT2D eigenvalue weighted by molar-refractivity contribution is -0.140. The van der Waals surface area contributed by atoms with E-state index in [1.807, 2.05) is 59.5 Å². The number of aliphatic hydroxyl groups excluding tert-OH is 2. The Morgan fingerprint density at radius 1 is 0.736 bits per heavy atom. The molecule has 53 heavy (non-hydrogen) atoms. The Hall–Kier alpha value is -4.90. The molecule has 3 atom stereocenters. The third-order valence-electron chi connectivity index (χ3n) is 8.75. The van der Waals surface area contributed by atoms with Crippen molar-refractivity contribution < 1.29 is 39.8 Å². The van der Waals surface area contributed by atoms with Crippen LogP contribution < -0.4 is 5.32 Å². The first-order valence-electron chi connectivity index (χ1n) is 17.5. The molecule has 280 valence electrons. The van der Waals surface area contributed by atoms with Crippen molar-refractivity contribution in [1.82, 2.24) is 24.8 Å². The van der Waals surface area contributed by atoms with E-state index in [0.717, 1.165) is 17.1 Å². The lowest BCUT2D eigenvalue weighted by Gasteiger charge is -2.27. The van der Waals surface area contributed by atoms with Gasteiger partial charge in [-0.15, -0.1) is 0 Å². The summed E-state index contributed by atoms with van der Waals surface area (Å²) in [6.07, 6.45) is 2.82. The molecular formula is C38H47BN6O8. The van der Waals surface area contributed by atoms with E-state index in [0.29, 0.717) is 44.0 Å². The molecule has 15 heteroatoms. The first kappa shape index (κ1) is 40.9. The average molecular weight is 727 g/mol. The summed E-state index contributed by atoms with van der Waals surface area (Å²) in [7, 11) is -1.90. The van der Waals surface area contributed by atoms with E-state index in [4.69, 9.17) is 5.11 Å². The van der Waals surface area contributed by atoms with Gasteiger partial charge in [-0.3, -0.25) is 39.1 Å². The topological polar surface area (TPSA) is 210 Å². The zero-order valence-corrected chi connectivity index (χ0v) is 29.5. The Kier molecular flexibility index (Phi) is 16.6. The van der Waals surface area contributed by atoms with Gasteiger partial charge in [0, 0.05) is 88.2 Å². The lowest BCUT2D eigenvalue weighted by atomic mass is 9.65. The third-order valence-corrected chi connectivity index (χ3v) is 8.75. The number of rotatable bonds is 23. The smallest absolute Gasteiger partial charge is 0.455 e. The summed E-state index contributed by atoms with van der Waals surface area (Å²) in [4.78, 5) is 54.9. The number of carbonyl (C=O) groups excluding carboxylic acids is 2. The number of pyridine rings is 3. The fourth-order valence-electron chi connectivity index (χ4n) is 5.97. The highest BCUT2D eigenvalue weighted by Crippen LogP contribution is 2.27. The Labute approximate surface area is 309 Å². The highest BCUT2D eigenvalue weighted by molar-refractivity contribution is 6.43. The number of anilines is 1. The largest absolute Gasteiger partial charge is 0.481 e. The second kappa shape index (κ2) is 21.6. The van der Waals surface area contributed by atoms with Crippen molar-refractivity contribution in [2.75, 3.05) is 31.6 Å². The van der Waals surface area contributed by atoms with Crippen LogP contribution in [0.5, 0.6) is 0 Å². The van der Waals surface area contributed by atoms with E-state index in [2.05, 4.69) is 25.2 Å². The number of nitrogens with zero attached hydrogens (tertiary/aromatic N) is 5. The van der Waals surface area contributed by atoms with Gasteiger partial charge in [-0.25, -0.2) is 0 Å². The van der Waals surface area contributed by atoms with Crippen LogP contribution in [0, 0.1) is 5.92 Å². The van der Waals surface area contributed by atoms with E-state index in [-0.39, 0.29) is 37.5 Å². The maximum atomic E-state index is 13.3. The Balaban J connectivity index is 1.35. The van der Waals surface area contributed by atoms with Crippen LogP contribution in [-0.4, -0.2) is 107 Å². The summed E-state index contributed by atoms with van der Waals surface area (Å²) in [5.74, 6) is -3.74. The number of hydrogen-bond donors (Lipinski definition) is 6. The molecule has 0 radical (unpaired) electrons. The van der Waals surface area contributed by atoms with Gasteiger partial charge in [-0.1, -0.05) is 30.3 Å². The highest BCUT2D eigenvalue weighted by Gasteiger charge is 2.32. The maximum Gasteiger partial charge on any atom is 0.455 e. The number of hydrogen-bond acceptors (Lipinski definition) is 12. The molecule has 14 nitrogen and oxygen atoms in total. The predicted octanol–water partition coefficient (Wildman–Crippen LogP) is 2.19. The van der Waals surface area contributed by atoms with Gasteiger partial charge in [-0.05, 0) is 60.5 Å². The van der Waals surface area contributed by atoms with Gasteiger partial charge < -0.3 is 30.7 Å². The number of aliphatic carboxylic acids is 1. The molecule has 4 rings (SSSR count). The standard InChI is InChI=1S/C38H47BN6O8/c46-27-29(36(48)22-38(50)51)20-30(39(52)53)21-35(47)19-28-10-12-31(13-11-28)43-37(49)26-45(25-34-9-3-6-16-42-34)18-17-44(23-32-7-1-4-14-40-32)24-33-8-2-5-15-41-33/h1-16,29-30,36,46,48,52-53H,17-27H2,(H,43,49)(H,50,51)/t29?,30-,36?/m1/s1. The van der Waals surface area contributed by atoms with Crippen LogP contribution >= 0.6 is 0 Å². The fraction of sp³-hybridized carbons (Fsp3) is 0.368. The second-order valence-corrected chi connectivity index (χ2v) is 13.1. The zero-order valence-electron chi connectivity index (χ0n) is 29.5. The summed E-state index contributed by atoms with van der Waals surface area (Å²) >= 11 is 0. The van der Waals surface area contributed by atoms with Crippen LogP contribution in [-0.2, 0) is 40.4 Å². The van der Waals surface area contributed by atoms with Crippen molar-refractivity contribution in [3.05, 3.63) is 120 Å². The van der Waals surface area contributed by atoms with Gasteiger partial charge in [0.15, 0.2) is 0 Å². The van der Waals surface area contributed by atoms with E-state index in [9.17, 15) is 34.6 Å². The molecular weight excluding hydrogens is 679 g/mol. The fourth-order valence-corrected chi connectivity index (χ4v) is 5.97. The molecule has 1 aromatic carbocycles. The first-order chi connectivity index (χ1) is 25.6. The molecule has 2 unspecified atom stereocenters. The van der Waals surface area contributed by atoms with Crippen LogP contribution in [0.3, 0.4) is 0 Å². The van der Waals surface area contributed by atoms with Crippen LogP contribution in [0.25, 0.3) is 0 Å². The van der Waals surface area contributed by atoms with Crippen LogP contribution in [0.2, 0.25) is 5.82 Å². The summed E-state index contributed by atoms with van der Waals surface area (Å²) < 4.78 is 0. The number of ketones is 1. The number of amides is 1. The van der Waals surface area contributed by atoms with Crippen LogP contribution in [0.4, 0.5) is 5.69 Å². The van der Waals surface area contributed by atoms with Gasteiger partial charge >= 0.3 is 13.1 Å². The quantitative estimate of drug-likeness (QED) is 0.0607. The second-order valence-electron chi connectivity index (χ2n) is 13.1. The monoisotopic (exact) mass is 726 g/mol. The van der Waals surface area contributed by atoms with Crippen molar-refractivity contribution in [2.45, 2.75) is 57.2 Å². The lowest BCUT2D eigenvalue weighted by Crippen LogP contribution is -2.39. The van der Waals surface area contributed by atoms with E-state index in [1.165, 1.54) is 0 Å². The number of carboxylic acids is 1. The van der Waals surface area contributed by atoms with Gasteiger partial charge in [0.25, 0.3) is 0 Å². The normalized spacial score (nSPS) is 13.0. The Morgan fingerprint density at radius 3 is 1.74 bits per heavy atom. The summed E-state index contributed by atoms with van der Waals surface area (Å²) in [5.41, 5.74) is 3.86. The molecule has 1 amide bonds. The minimum absolute atomic E-state index is 0.0235. The number of Topliss-reactive ketones (excluding diaryl/α,β-unsaturated/α-hetero) is 1. The number of carbonyl (C=O) groups is 3. The van der Waals surface area contributed by atoms with Crippen molar-refractivity contribution in [3.63, 3.8) is 0 Å². The van der Waals surface area contributed by atoms with Gasteiger partial charge in [0.05, 0.1) is 36.2 Å². The van der Waals surface area contributed by atoms with Crippen LogP contribution in [0.1, 0.15) is 41.9 Å². The zero-order chi connectivity index (χ0) is 38.0. The summed E-state index contributed by atoms with van der Waals surface area (Å²) in [6, 6.07) is 24.1. The first-order valence-corrected chi connectivity index (χ1v) is 17.5. The molecule has 0 fully saturated rings. The number of aromatic nitrogens is 3. The van der Waals surface area contributed by atoms with E-state index >= 15 is 0 Å². The van der Waals surface area contributed by atoms with E-state index in [1.54, 1.807) is 42.9 Å². The number of aliphatic hydroxyl groups is 2. The molecule has 0 bridgehead atoms. The maximum absolute atomic E-state index is 13.3. The molecule has 0 aliphatic heterocycles. The van der Waals surface area contributed by atoms with Crippen LogP contribution in [0.15, 0.2) is 97.5 Å². The van der Waals surface area contributed by atoms with Crippen molar-refractivity contribution in [1.29, 1.82) is 0 Å². The summed E-state index contributed by atoms with van der Waals surface area (Å²) in [5, 5.41) is 51.3. The SMILES string of the molecule is O=C(O)CC(O)C(CO)C[C@H](CC(=O)Cc1ccc(NC(=O)CN(CCN(Cc2ccccn2)Cc2ccccn2)Cc2ccccn2)cc1)B(O)O. The van der Waals surface area contributed by atoms with Crippen molar-refractivity contribution in [3.8, 4) is 0 Å². The minimum atomic E-state index is -1.90. The number of benzene rings is 1. The third kappa shape index (κ3) is 14.9. The number of nitrogens with one attached hydrogen (secondary N) is 1. The molecule has 0 saturated carbocycles.